The van der Waals surface area contributed by atoms with Crippen molar-refractivity contribution in [1.82, 2.24) is 0 Å². The Bertz CT molecular complexity index is 507. The summed E-state index contributed by atoms with van der Waals surface area (Å²) in [5.74, 6) is 4.40. The molecule has 0 amide bonds. The Kier molecular flexibility index (Phi) is 6.40. The molecule has 1 heteroatoms. The number of unbranched alkanes of at least 4 members (excludes halogenated alkanes) is 1. The number of hydrogen-bond donors (Lipinski definition) is 0. The molecular weight excluding hydrogens is 292 g/mol. The van der Waals surface area contributed by atoms with Crippen LogP contribution in [0.1, 0.15) is 76.2 Å². The topological polar surface area (TPSA) is 9.23 Å². The fourth-order valence-corrected chi connectivity index (χ4v) is 4.76. The van der Waals surface area contributed by atoms with E-state index in [1.165, 1.54) is 63.4 Å². The highest BCUT2D eigenvalue weighted by atomic mass is 16.5. The molecule has 0 spiro atoms. The summed E-state index contributed by atoms with van der Waals surface area (Å²) in [7, 11) is 1.74. The van der Waals surface area contributed by atoms with Crippen molar-refractivity contribution >= 4 is 0 Å². The fourth-order valence-electron chi connectivity index (χ4n) is 4.76. The highest BCUT2D eigenvalue weighted by molar-refractivity contribution is 5.29. The molecule has 0 N–H and O–H groups in total. The van der Waals surface area contributed by atoms with Crippen LogP contribution in [0.25, 0.3) is 0 Å². The number of ether oxygens (including phenoxy) is 1. The van der Waals surface area contributed by atoms with Crippen LogP contribution in [-0.4, -0.2) is 7.11 Å². The molecule has 0 heterocycles. The number of methoxy groups -OCH3 is 1. The van der Waals surface area contributed by atoms with Gasteiger partial charge in [-0.15, -0.1) is 0 Å². The monoisotopic (exact) mass is 326 g/mol. The molecule has 2 aliphatic rings. The lowest BCUT2D eigenvalue weighted by atomic mass is 9.70. The van der Waals surface area contributed by atoms with Gasteiger partial charge in [-0.25, -0.2) is 0 Å². The number of hydrogen-bond acceptors (Lipinski definition) is 1. The van der Waals surface area contributed by atoms with Crippen LogP contribution in [0.15, 0.2) is 36.4 Å². The standard InChI is InChI=1S/C23H34O/c1-3-4-5-18-6-8-19(9-7-18)20-10-12-21(13-11-20)22-14-16-23(24-2)17-15-22/h6,8,14-21H,3-5,7,9-13H2,1-2H3. The summed E-state index contributed by atoms with van der Waals surface area (Å²) in [4.78, 5) is 0. The third-order valence-electron chi connectivity index (χ3n) is 6.39. The molecule has 2 unspecified atom stereocenters. The van der Waals surface area contributed by atoms with E-state index in [1.807, 2.05) is 0 Å². The van der Waals surface area contributed by atoms with Crippen LogP contribution >= 0.6 is 0 Å². The molecule has 3 rings (SSSR count). The van der Waals surface area contributed by atoms with E-state index < -0.39 is 0 Å². The molecule has 24 heavy (non-hydrogen) atoms. The van der Waals surface area contributed by atoms with Crippen LogP contribution in [0.3, 0.4) is 0 Å². The lowest BCUT2D eigenvalue weighted by molar-refractivity contribution is 0.239. The van der Waals surface area contributed by atoms with Crippen molar-refractivity contribution in [2.45, 2.75) is 70.6 Å². The lowest BCUT2D eigenvalue weighted by Gasteiger charge is -2.35. The first-order valence-electron chi connectivity index (χ1n) is 10.1. The average Bonchev–Trinajstić information content (AvgIpc) is 2.67. The van der Waals surface area contributed by atoms with Crippen molar-refractivity contribution in [2.24, 2.45) is 17.8 Å². The van der Waals surface area contributed by atoms with Crippen LogP contribution < -0.4 is 4.74 Å². The van der Waals surface area contributed by atoms with E-state index in [-0.39, 0.29) is 0 Å². The Morgan fingerprint density at radius 1 is 0.917 bits per heavy atom. The molecule has 0 radical (unpaired) electrons. The second-order valence-corrected chi connectivity index (χ2v) is 7.91. The maximum Gasteiger partial charge on any atom is 0.118 e. The summed E-state index contributed by atoms with van der Waals surface area (Å²) < 4.78 is 5.28. The smallest absolute Gasteiger partial charge is 0.118 e. The highest BCUT2D eigenvalue weighted by Gasteiger charge is 2.28. The maximum atomic E-state index is 5.28. The maximum absolute atomic E-state index is 5.28. The van der Waals surface area contributed by atoms with Crippen molar-refractivity contribution in [1.29, 1.82) is 0 Å². The van der Waals surface area contributed by atoms with Crippen LogP contribution in [0.4, 0.5) is 0 Å². The second kappa shape index (κ2) is 8.74. The Hall–Kier alpha value is -1.24. The zero-order valence-corrected chi connectivity index (χ0v) is 15.5. The molecular formula is C23H34O. The molecule has 132 valence electrons. The highest BCUT2D eigenvalue weighted by Crippen LogP contribution is 2.42. The third kappa shape index (κ3) is 4.43. The fraction of sp³-hybridized carbons (Fsp3) is 0.652. The molecule has 1 aromatic rings. The normalized spacial score (nSPS) is 30.2. The summed E-state index contributed by atoms with van der Waals surface area (Å²) in [5, 5.41) is 0. The van der Waals surface area contributed by atoms with Gasteiger partial charge in [-0.05, 0) is 86.3 Å². The van der Waals surface area contributed by atoms with Gasteiger partial charge in [-0.1, -0.05) is 44.1 Å². The van der Waals surface area contributed by atoms with Crippen molar-refractivity contribution in [2.75, 3.05) is 7.11 Å². The molecule has 0 aliphatic heterocycles. The Morgan fingerprint density at radius 3 is 2.25 bits per heavy atom. The zero-order chi connectivity index (χ0) is 16.8. The zero-order valence-electron chi connectivity index (χ0n) is 15.5. The predicted molar refractivity (Wildman–Crippen MR) is 103 cm³/mol. The van der Waals surface area contributed by atoms with E-state index in [9.17, 15) is 0 Å². The van der Waals surface area contributed by atoms with E-state index in [1.54, 1.807) is 7.11 Å². The van der Waals surface area contributed by atoms with E-state index in [0.29, 0.717) is 0 Å². The minimum absolute atomic E-state index is 0.761. The largest absolute Gasteiger partial charge is 0.497 e. The Morgan fingerprint density at radius 2 is 1.67 bits per heavy atom. The van der Waals surface area contributed by atoms with Gasteiger partial charge in [0.1, 0.15) is 5.75 Å². The summed E-state index contributed by atoms with van der Waals surface area (Å²) in [5.41, 5.74) is 1.51. The minimum Gasteiger partial charge on any atom is -0.497 e. The van der Waals surface area contributed by atoms with Crippen molar-refractivity contribution in [3.05, 3.63) is 42.0 Å². The van der Waals surface area contributed by atoms with Crippen molar-refractivity contribution in [3.63, 3.8) is 0 Å². The van der Waals surface area contributed by atoms with Gasteiger partial charge < -0.3 is 4.74 Å². The molecule has 0 saturated heterocycles. The van der Waals surface area contributed by atoms with Crippen LogP contribution in [0.2, 0.25) is 0 Å². The van der Waals surface area contributed by atoms with Gasteiger partial charge in [0, 0.05) is 0 Å². The molecule has 2 aliphatic carbocycles. The molecule has 1 aromatic carbocycles. The van der Waals surface area contributed by atoms with Gasteiger partial charge in [0.05, 0.1) is 7.11 Å². The van der Waals surface area contributed by atoms with Gasteiger partial charge in [0.25, 0.3) is 0 Å². The third-order valence-corrected chi connectivity index (χ3v) is 6.39. The second-order valence-electron chi connectivity index (χ2n) is 7.91. The molecule has 0 bridgehead atoms. The van der Waals surface area contributed by atoms with Gasteiger partial charge in [0.2, 0.25) is 0 Å². The summed E-state index contributed by atoms with van der Waals surface area (Å²) in [6, 6.07) is 8.76. The quantitative estimate of drug-likeness (QED) is 0.526. The van der Waals surface area contributed by atoms with E-state index in [2.05, 4.69) is 43.3 Å². The van der Waals surface area contributed by atoms with E-state index in [0.717, 1.165) is 29.4 Å². The van der Waals surface area contributed by atoms with Crippen molar-refractivity contribution in [3.8, 4) is 5.75 Å². The minimum atomic E-state index is 0.761. The van der Waals surface area contributed by atoms with Gasteiger partial charge in [-0.3, -0.25) is 0 Å². The molecule has 1 nitrogen and oxygen atoms in total. The van der Waals surface area contributed by atoms with Gasteiger partial charge in [-0.2, -0.15) is 0 Å². The van der Waals surface area contributed by atoms with Crippen LogP contribution in [0, 0.1) is 17.8 Å². The summed E-state index contributed by atoms with van der Waals surface area (Å²) >= 11 is 0. The number of rotatable bonds is 6. The first-order valence-corrected chi connectivity index (χ1v) is 10.1. The SMILES string of the molecule is CCCCC1C=CC(C2CCC(c3ccc(OC)cc3)CC2)CC1. The molecule has 2 atom stereocenters. The summed E-state index contributed by atoms with van der Waals surface area (Å²) in [6.45, 7) is 2.30. The van der Waals surface area contributed by atoms with Crippen molar-refractivity contribution < 1.29 is 4.74 Å². The lowest BCUT2D eigenvalue weighted by Crippen LogP contribution is -2.22. The molecule has 0 aromatic heterocycles. The Balaban J connectivity index is 1.48. The number of allylic oxidation sites excluding steroid dienone is 2. The summed E-state index contributed by atoms with van der Waals surface area (Å²) in [6.07, 6.45) is 17.7. The molecule has 1 saturated carbocycles. The molecule has 1 fully saturated rings. The van der Waals surface area contributed by atoms with Gasteiger partial charge in [0.15, 0.2) is 0 Å². The van der Waals surface area contributed by atoms with E-state index in [4.69, 9.17) is 4.74 Å². The number of benzene rings is 1. The van der Waals surface area contributed by atoms with Crippen LogP contribution in [0.5, 0.6) is 5.75 Å². The van der Waals surface area contributed by atoms with E-state index >= 15 is 0 Å². The van der Waals surface area contributed by atoms with Gasteiger partial charge >= 0.3 is 0 Å². The first kappa shape index (κ1) is 17.6. The predicted octanol–water partition coefficient (Wildman–Crippen LogP) is 6.74. The van der Waals surface area contributed by atoms with Crippen LogP contribution in [-0.2, 0) is 0 Å². The average molecular weight is 327 g/mol. The Labute approximate surface area is 148 Å². The first-order chi connectivity index (χ1) is 11.8.